The Hall–Kier alpha value is -0.730. The smallest absolute Gasteiger partial charge is 0.338 e. The van der Waals surface area contributed by atoms with Crippen LogP contribution in [0, 0.1) is 0 Å². The molecule has 21 heavy (non-hydrogen) atoms. The van der Waals surface area contributed by atoms with Crippen molar-refractivity contribution in [2.45, 2.75) is 69.8 Å². The minimum Gasteiger partial charge on any atom is -0.455 e. The van der Waals surface area contributed by atoms with Crippen LogP contribution < -0.4 is 0 Å². The molecule has 3 aliphatic heterocycles. The van der Waals surface area contributed by atoms with E-state index in [9.17, 15) is 4.79 Å². The van der Waals surface area contributed by atoms with Crippen molar-refractivity contribution >= 4 is 5.97 Å². The number of fused-ring (bicyclic) bond motifs is 1. The Kier molecular flexibility index (Phi) is 3.53. The molecule has 0 unspecified atom stereocenters. The zero-order valence-corrected chi connectivity index (χ0v) is 13.0. The van der Waals surface area contributed by atoms with Crippen molar-refractivity contribution in [1.82, 2.24) is 0 Å². The molecule has 0 aromatic heterocycles. The van der Waals surface area contributed by atoms with Crippen LogP contribution >= 0.6 is 0 Å². The van der Waals surface area contributed by atoms with Crippen molar-refractivity contribution in [2.24, 2.45) is 0 Å². The van der Waals surface area contributed by atoms with Gasteiger partial charge in [0.1, 0.15) is 18.3 Å². The summed E-state index contributed by atoms with van der Waals surface area (Å²) >= 11 is 0. The molecular weight excluding hydrogens is 280 g/mol. The molecule has 7 heteroatoms. The first-order valence-electron chi connectivity index (χ1n) is 7.13. The summed E-state index contributed by atoms with van der Waals surface area (Å²) in [4.78, 5) is 11.9. The number of ether oxygens (including phenoxy) is 6. The van der Waals surface area contributed by atoms with Crippen molar-refractivity contribution in [3.8, 4) is 0 Å². The molecule has 3 rings (SSSR count). The number of hydrogen-bond acceptors (Lipinski definition) is 7. The van der Waals surface area contributed by atoms with Gasteiger partial charge in [-0.2, -0.15) is 0 Å². The molecule has 0 spiro atoms. The number of carbonyl (C=O) groups excluding carboxylic acids is 1. The van der Waals surface area contributed by atoms with Gasteiger partial charge in [-0.3, -0.25) is 0 Å². The van der Waals surface area contributed by atoms with Crippen molar-refractivity contribution in [1.29, 1.82) is 0 Å². The summed E-state index contributed by atoms with van der Waals surface area (Å²) in [5, 5.41) is 0. The quantitative estimate of drug-likeness (QED) is 0.692. The van der Waals surface area contributed by atoms with E-state index >= 15 is 0 Å². The van der Waals surface area contributed by atoms with Crippen molar-refractivity contribution in [2.75, 3.05) is 13.7 Å². The highest BCUT2D eigenvalue weighted by Crippen LogP contribution is 2.39. The molecule has 0 aromatic carbocycles. The van der Waals surface area contributed by atoms with E-state index in [1.807, 2.05) is 13.8 Å². The van der Waals surface area contributed by atoms with Crippen LogP contribution in [0.4, 0.5) is 0 Å². The molecule has 0 radical (unpaired) electrons. The summed E-state index contributed by atoms with van der Waals surface area (Å²) in [6.45, 7) is 7.66. The number of carbonyl (C=O) groups is 1. The second-order valence-corrected chi connectivity index (χ2v) is 6.49. The molecule has 3 heterocycles. The molecule has 3 saturated heterocycles. The fourth-order valence-electron chi connectivity index (χ4n) is 3.10. The summed E-state index contributed by atoms with van der Waals surface area (Å²) in [6, 6.07) is 0. The molecule has 0 aromatic rings. The van der Waals surface area contributed by atoms with Gasteiger partial charge in [-0.25, -0.2) is 4.79 Å². The van der Waals surface area contributed by atoms with Crippen LogP contribution in [0.5, 0.6) is 0 Å². The molecule has 0 bridgehead atoms. The lowest BCUT2D eigenvalue weighted by atomic mass is 9.99. The van der Waals surface area contributed by atoms with Crippen LogP contribution in [0.2, 0.25) is 0 Å². The zero-order chi connectivity index (χ0) is 15.4. The minimum atomic E-state index is -0.854. The molecular formula is C14H22O7. The average molecular weight is 302 g/mol. The first kappa shape index (κ1) is 15.2. The molecule has 7 nitrogen and oxygen atoms in total. The molecule has 120 valence electrons. The van der Waals surface area contributed by atoms with E-state index in [1.54, 1.807) is 13.8 Å². The SMILES string of the molecule is CO[C@H]1C(=O)O[C@H]2[C@H]1OC(C)(C)O[C@@H]2[C@H]1COC(C)(C)O1. The first-order chi connectivity index (χ1) is 9.72. The highest BCUT2D eigenvalue weighted by molar-refractivity contribution is 5.78. The first-order valence-corrected chi connectivity index (χ1v) is 7.13. The van der Waals surface area contributed by atoms with E-state index in [2.05, 4.69) is 0 Å². The molecule has 0 N–H and O–H groups in total. The fourth-order valence-corrected chi connectivity index (χ4v) is 3.10. The maximum Gasteiger partial charge on any atom is 0.338 e. The second kappa shape index (κ2) is 4.89. The normalized spacial score (nSPS) is 44.4. The maximum absolute atomic E-state index is 11.9. The van der Waals surface area contributed by atoms with Crippen LogP contribution in [-0.4, -0.2) is 61.8 Å². The van der Waals surface area contributed by atoms with E-state index in [1.165, 1.54) is 7.11 Å². The molecule has 3 aliphatic rings. The van der Waals surface area contributed by atoms with Crippen LogP contribution in [0.25, 0.3) is 0 Å². The molecule has 3 fully saturated rings. The Balaban J connectivity index is 1.84. The van der Waals surface area contributed by atoms with Crippen LogP contribution in [0.15, 0.2) is 0 Å². The van der Waals surface area contributed by atoms with E-state index < -0.39 is 42.0 Å². The lowest BCUT2D eigenvalue weighted by Gasteiger charge is -2.44. The van der Waals surface area contributed by atoms with Gasteiger partial charge >= 0.3 is 5.97 Å². The Bertz CT molecular complexity index is 433. The monoisotopic (exact) mass is 302 g/mol. The summed E-state index contributed by atoms with van der Waals surface area (Å²) in [6.07, 6.45) is -2.58. The summed E-state index contributed by atoms with van der Waals surface area (Å²) in [7, 11) is 1.47. The van der Waals surface area contributed by atoms with Crippen LogP contribution in [-0.2, 0) is 33.2 Å². The fraction of sp³-hybridized carbons (Fsp3) is 0.929. The van der Waals surface area contributed by atoms with E-state index in [0.717, 1.165) is 0 Å². The molecule has 0 aliphatic carbocycles. The third kappa shape index (κ3) is 2.68. The summed E-state index contributed by atoms with van der Waals surface area (Å²) in [5.41, 5.74) is 0. The summed E-state index contributed by atoms with van der Waals surface area (Å²) < 4.78 is 33.8. The minimum absolute atomic E-state index is 0.320. The largest absolute Gasteiger partial charge is 0.455 e. The number of hydrogen-bond donors (Lipinski definition) is 0. The van der Waals surface area contributed by atoms with Crippen LogP contribution in [0.3, 0.4) is 0 Å². The van der Waals surface area contributed by atoms with Gasteiger partial charge in [0.25, 0.3) is 0 Å². The highest BCUT2D eigenvalue weighted by Gasteiger charge is 2.59. The Morgan fingerprint density at radius 3 is 2.24 bits per heavy atom. The van der Waals surface area contributed by atoms with Gasteiger partial charge in [0.2, 0.25) is 0 Å². The van der Waals surface area contributed by atoms with Gasteiger partial charge in [-0.05, 0) is 27.7 Å². The van der Waals surface area contributed by atoms with Gasteiger partial charge in [-0.15, -0.1) is 0 Å². The highest BCUT2D eigenvalue weighted by atomic mass is 16.8. The lowest BCUT2D eigenvalue weighted by molar-refractivity contribution is -0.342. The third-order valence-corrected chi connectivity index (χ3v) is 3.92. The average Bonchev–Trinajstić information content (AvgIpc) is 2.86. The van der Waals surface area contributed by atoms with Crippen LogP contribution in [0.1, 0.15) is 27.7 Å². The summed E-state index contributed by atoms with van der Waals surface area (Å²) in [5.74, 6) is -1.96. The van der Waals surface area contributed by atoms with Crippen molar-refractivity contribution in [3.05, 3.63) is 0 Å². The Morgan fingerprint density at radius 1 is 1.00 bits per heavy atom. The van der Waals surface area contributed by atoms with Gasteiger partial charge in [0.15, 0.2) is 23.8 Å². The third-order valence-electron chi connectivity index (χ3n) is 3.92. The van der Waals surface area contributed by atoms with Gasteiger partial charge < -0.3 is 28.4 Å². The molecule has 0 amide bonds. The predicted molar refractivity (Wildman–Crippen MR) is 69.4 cm³/mol. The van der Waals surface area contributed by atoms with E-state index in [4.69, 9.17) is 28.4 Å². The Morgan fingerprint density at radius 2 is 1.67 bits per heavy atom. The van der Waals surface area contributed by atoms with Gasteiger partial charge in [-0.1, -0.05) is 0 Å². The van der Waals surface area contributed by atoms with E-state index in [-0.39, 0.29) is 6.10 Å². The second-order valence-electron chi connectivity index (χ2n) is 6.49. The van der Waals surface area contributed by atoms with Crippen molar-refractivity contribution < 1.29 is 33.2 Å². The maximum atomic E-state index is 11.9. The predicted octanol–water partition coefficient (Wildman–Crippen LogP) is 0.598. The molecule has 5 atom stereocenters. The van der Waals surface area contributed by atoms with E-state index in [0.29, 0.717) is 6.61 Å². The topological polar surface area (TPSA) is 72.5 Å². The lowest BCUT2D eigenvalue weighted by Crippen LogP contribution is -2.59. The van der Waals surface area contributed by atoms with Gasteiger partial charge in [0, 0.05) is 7.11 Å². The van der Waals surface area contributed by atoms with Crippen molar-refractivity contribution in [3.63, 3.8) is 0 Å². The standard InChI is InChI=1S/C14H22O7/c1-13(2)17-6-7(19-13)8-9-10(21-14(3,4)20-8)11(16-5)12(15)18-9/h7-11H,6H2,1-5H3/t7-,8-,9-,10-,11-/m1/s1. The van der Waals surface area contributed by atoms with Gasteiger partial charge in [0.05, 0.1) is 6.61 Å². The number of esters is 1. The number of rotatable bonds is 2. The zero-order valence-electron chi connectivity index (χ0n) is 13.0. The Labute approximate surface area is 123 Å². The number of methoxy groups -OCH3 is 1. The molecule has 0 saturated carbocycles.